The van der Waals surface area contributed by atoms with Crippen LogP contribution in [0, 0.1) is 5.82 Å². The predicted molar refractivity (Wildman–Crippen MR) is 99.1 cm³/mol. The fourth-order valence-corrected chi connectivity index (χ4v) is 2.93. The van der Waals surface area contributed by atoms with Crippen molar-refractivity contribution in [1.29, 1.82) is 0 Å². The van der Waals surface area contributed by atoms with Crippen LogP contribution in [-0.4, -0.2) is 5.16 Å². The molecule has 2 N–H and O–H groups in total. The number of aromatic nitrogens is 1. The van der Waals surface area contributed by atoms with Crippen molar-refractivity contribution < 1.29 is 8.91 Å². The minimum Gasteiger partial charge on any atom is -0.356 e. The summed E-state index contributed by atoms with van der Waals surface area (Å²) in [5, 5.41) is 4.91. The Balaban J connectivity index is 0.00000182. The number of fused-ring (bicyclic) bond motifs is 1. The Morgan fingerprint density at radius 3 is 2.44 bits per heavy atom. The second-order valence-corrected chi connectivity index (χ2v) is 5.65. The Morgan fingerprint density at radius 2 is 1.64 bits per heavy atom. The van der Waals surface area contributed by atoms with Crippen LogP contribution in [0.2, 0.25) is 0 Å². The van der Waals surface area contributed by atoms with E-state index in [-0.39, 0.29) is 24.3 Å². The van der Waals surface area contributed by atoms with Crippen molar-refractivity contribution in [2.24, 2.45) is 5.73 Å². The molecule has 0 aliphatic rings. The molecule has 0 spiro atoms. The van der Waals surface area contributed by atoms with Crippen LogP contribution in [0.1, 0.15) is 17.2 Å². The van der Waals surface area contributed by atoms with Crippen LogP contribution in [0.15, 0.2) is 77.3 Å². The molecule has 0 fully saturated rings. The summed E-state index contributed by atoms with van der Waals surface area (Å²) in [5.74, 6) is -0.348. The molecule has 1 heterocycles. The van der Waals surface area contributed by atoms with E-state index in [1.807, 2.05) is 54.6 Å². The standard InChI is InChI=1S/C20H15FN2O.ClH/c21-14-10-11-17-18(12-14)24-23-20(17)16-9-5-4-8-15(16)19(22)13-6-2-1-3-7-13;/h1-12,19H,22H2;1H. The number of nitrogens with zero attached hydrogens (tertiary/aromatic N) is 1. The van der Waals surface area contributed by atoms with E-state index in [4.69, 9.17) is 10.3 Å². The summed E-state index contributed by atoms with van der Waals surface area (Å²) in [6.45, 7) is 0. The zero-order valence-electron chi connectivity index (χ0n) is 13.2. The molecule has 1 aromatic heterocycles. The van der Waals surface area contributed by atoms with Gasteiger partial charge in [-0.15, -0.1) is 12.4 Å². The fourth-order valence-electron chi connectivity index (χ4n) is 2.93. The molecule has 0 radical (unpaired) electrons. The van der Waals surface area contributed by atoms with Gasteiger partial charge in [-0.25, -0.2) is 4.39 Å². The normalized spacial score (nSPS) is 11.9. The first-order valence-corrected chi connectivity index (χ1v) is 7.69. The zero-order valence-corrected chi connectivity index (χ0v) is 14.0. The average Bonchev–Trinajstić information content (AvgIpc) is 3.04. The van der Waals surface area contributed by atoms with Crippen molar-refractivity contribution in [3.8, 4) is 11.3 Å². The van der Waals surface area contributed by atoms with Gasteiger partial charge in [0.25, 0.3) is 0 Å². The van der Waals surface area contributed by atoms with Crippen LogP contribution in [0.5, 0.6) is 0 Å². The molecule has 1 atom stereocenters. The minimum atomic E-state index is -0.348. The lowest BCUT2D eigenvalue weighted by Crippen LogP contribution is -2.12. The smallest absolute Gasteiger partial charge is 0.170 e. The summed E-state index contributed by atoms with van der Waals surface area (Å²) in [6, 6.07) is 21.8. The van der Waals surface area contributed by atoms with Crippen LogP contribution < -0.4 is 5.73 Å². The highest BCUT2D eigenvalue weighted by Gasteiger charge is 2.18. The number of nitrogens with two attached hydrogens (primary N) is 1. The van der Waals surface area contributed by atoms with E-state index in [1.54, 1.807) is 6.07 Å². The molecule has 3 nitrogen and oxygen atoms in total. The largest absolute Gasteiger partial charge is 0.356 e. The van der Waals surface area contributed by atoms with Crippen LogP contribution >= 0.6 is 12.4 Å². The van der Waals surface area contributed by atoms with Gasteiger partial charge in [-0.1, -0.05) is 59.8 Å². The van der Waals surface area contributed by atoms with Gasteiger partial charge in [0.05, 0.1) is 6.04 Å². The number of benzene rings is 3. The summed E-state index contributed by atoms with van der Waals surface area (Å²) < 4.78 is 18.7. The van der Waals surface area contributed by atoms with Crippen LogP contribution in [0.3, 0.4) is 0 Å². The Labute approximate surface area is 150 Å². The van der Waals surface area contributed by atoms with Gasteiger partial charge in [0.1, 0.15) is 11.5 Å². The molecule has 1 unspecified atom stereocenters. The van der Waals surface area contributed by atoms with Crippen LogP contribution in [-0.2, 0) is 0 Å². The van der Waals surface area contributed by atoms with Crippen molar-refractivity contribution in [1.82, 2.24) is 5.16 Å². The molecule has 0 saturated carbocycles. The minimum absolute atomic E-state index is 0. The van der Waals surface area contributed by atoms with Gasteiger partial charge in [-0.2, -0.15) is 0 Å². The van der Waals surface area contributed by atoms with Gasteiger partial charge in [0, 0.05) is 17.0 Å². The first-order valence-electron chi connectivity index (χ1n) is 7.69. The van der Waals surface area contributed by atoms with E-state index in [0.717, 1.165) is 22.1 Å². The quantitative estimate of drug-likeness (QED) is 0.556. The maximum Gasteiger partial charge on any atom is 0.170 e. The molecule has 0 aliphatic heterocycles. The lowest BCUT2D eigenvalue weighted by molar-refractivity contribution is 0.457. The molecular formula is C20H16ClFN2O. The molecule has 4 rings (SSSR count). The molecule has 126 valence electrons. The molecule has 0 aliphatic carbocycles. The van der Waals surface area contributed by atoms with E-state index in [1.165, 1.54) is 12.1 Å². The second kappa shape index (κ2) is 7.05. The molecule has 0 saturated heterocycles. The lowest BCUT2D eigenvalue weighted by atomic mass is 9.93. The van der Waals surface area contributed by atoms with E-state index >= 15 is 0 Å². The highest BCUT2D eigenvalue weighted by molar-refractivity contribution is 5.92. The fraction of sp³-hybridized carbons (Fsp3) is 0.0500. The second-order valence-electron chi connectivity index (χ2n) is 5.65. The molecule has 0 amide bonds. The Morgan fingerprint density at radius 1 is 0.920 bits per heavy atom. The van der Waals surface area contributed by atoms with E-state index < -0.39 is 0 Å². The summed E-state index contributed by atoms with van der Waals surface area (Å²) in [5.41, 5.74) is 10.4. The monoisotopic (exact) mass is 354 g/mol. The van der Waals surface area contributed by atoms with Gasteiger partial charge in [-0.3, -0.25) is 0 Å². The Kier molecular flexibility index (Phi) is 4.83. The maximum atomic E-state index is 13.4. The summed E-state index contributed by atoms with van der Waals surface area (Å²) >= 11 is 0. The highest BCUT2D eigenvalue weighted by atomic mass is 35.5. The molecule has 0 bridgehead atoms. The molecule has 25 heavy (non-hydrogen) atoms. The Bertz CT molecular complexity index is 1000. The Hall–Kier alpha value is -2.69. The average molecular weight is 355 g/mol. The van der Waals surface area contributed by atoms with E-state index in [9.17, 15) is 4.39 Å². The van der Waals surface area contributed by atoms with Gasteiger partial charge < -0.3 is 10.3 Å². The van der Waals surface area contributed by atoms with E-state index in [0.29, 0.717) is 11.3 Å². The predicted octanol–water partition coefficient (Wildman–Crippen LogP) is 5.10. The third-order valence-corrected chi connectivity index (χ3v) is 4.14. The van der Waals surface area contributed by atoms with Crippen molar-refractivity contribution in [2.75, 3.05) is 0 Å². The van der Waals surface area contributed by atoms with Gasteiger partial charge >= 0.3 is 0 Å². The highest BCUT2D eigenvalue weighted by Crippen LogP contribution is 2.34. The molecule has 4 aromatic rings. The first-order chi connectivity index (χ1) is 11.7. The van der Waals surface area contributed by atoms with Crippen molar-refractivity contribution in [3.05, 3.63) is 89.7 Å². The maximum absolute atomic E-state index is 13.4. The van der Waals surface area contributed by atoms with Gasteiger partial charge in [-0.05, 0) is 23.3 Å². The summed E-state index contributed by atoms with van der Waals surface area (Å²) in [7, 11) is 0. The zero-order chi connectivity index (χ0) is 16.5. The van der Waals surface area contributed by atoms with Gasteiger partial charge in [0.2, 0.25) is 0 Å². The number of halogens is 2. The first kappa shape index (κ1) is 17.1. The van der Waals surface area contributed by atoms with E-state index in [2.05, 4.69) is 5.16 Å². The summed E-state index contributed by atoms with van der Waals surface area (Å²) in [4.78, 5) is 0. The number of hydrogen-bond donors (Lipinski definition) is 1. The van der Waals surface area contributed by atoms with Crippen LogP contribution in [0.4, 0.5) is 4.39 Å². The number of rotatable bonds is 3. The third kappa shape index (κ3) is 3.14. The van der Waals surface area contributed by atoms with Crippen molar-refractivity contribution in [3.63, 3.8) is 0 Å². The lowest BCUT2D eigenvalue weighted by Gasteiger charge is -2.16. The SMILES string of the molecule is Cl.NC(c1ccccc1)c1ccccc1-c1noc2cc(F)ccc12. The number of hydrogen-bond acceptors (Lipinski definition) is 3. The summed E-state index contributed by atoms with van der Waals surface area (Å²) in [6.07, 6.45) is 0. The third-order valence-electron chi connectivity index (χ3n) is 4.14. The molecule has 3 aromatic carbocycles. The molecular weight excluding hydrogens is 339 g/mol. The van der Waals surface area contributed by atoms with Crippen molar-refractivity contribution in [2.45, 2.75) is 6.04 Å². The van der Waals surface area contributed by atoms with Crippen LogP contribution in [0.25, 0.3) is 22.2 Å². The molecule has 5 heteroatoms. The topological polar surface area (TPSA) is 52.0 Å². The van der Waals surface area contributed by atoms with Crippen molar-refractivity contribution >= 4 is 23.4 Å². The van der Waals surface area contributed by atoms with Gasteiger partial charge in [0.15, 0.2) is 5.58 Å².